The number of hydrogen-bond donors (Lipinski definition) is 3. The summed E-state index contributed by atoms with van der Waals surface area (Å²) in [6.07, 6.45) is 3.84. The molecule has 8 heteroatoms. The average molecular weight is 314 g/mol. The normalized spacial score (nSPS) is 15.5. The lowest BCUT2D eigenvalue weighted by Crippen LogP contribution is -2.40. The molecule has 7 nitrogen and oxygen atoms in total. The highest BCUT2D eigenvalue weighted by atomic mass is 16.5. The molecule has 0 aromatic carbocycles. The van der Waals surface area contributed by atoms with E-state index in [0.717, 1.165) is 19.2 Å². The van der Waals surface area contributed by atoms with Crippen LogP contribution in [0.1, 0.15) is 33.6 Å². The van der Waals surface area contributed by atoms with Gasteiger partial charge in [0, 0.05) is 6.20 Å². The van der Waals surface area contributed by atoms with Crippen molar-refractivity contribution in [1.29, 1.82) is 5.53 Å². The van der Waals surface area contributed by atoms with Crippen LogP contribution in [0.3, 0.4) is 0 Å². The first-order valence-corrected chi connectivity index (χ1v) is 7.69. The Morgan fingerprint density at radius 2 is 1.86 bits per heavy atom. The molecule has 0 fully saturated rings. The molecule has 0 aliphatic rings. The zero-order valence-corrected chi connectivity index (χ0v) is 14.4. The van der Waals surface area contributed by atoms with Crippen molar-refractivity contribution in [1.82, 2.24) is 0 Å². The first-order valence-electron chi connectivity index (χ1n) is 7.69. The van der Waals surface area contributed by atoms with Crippen LogP contribution in [0.2, 0.25) is 6.32 Å². The SMILES string of the molecule is BCCC(C)(N)OCCC(C)(C)OCCOC/C(=C/N)N=N. The number of rotatable bonds is 13. The summed E-state index contributed by atoms with van der Waals surface area (Å²) >= 11 is 0. The van der Waals surface area contributed by atoms with Crippen molar-refractivity contribution in [3.63, 3.8) is 0 Å². The minimum absolute atomic E-state index is 0.218. The number of nitrogens with zero attached hydrogens (tertiary/aromatic N) is 1. The third-order valence-electron chi connectivity index (χ3n) is 3.19. The number of nitrogens with one attached hydrogen (secondary N) is 1. The average Bonchev–Trinajstić information content (AvgIpc) is 2.42. The summed E-state index contributed by atoms with van der Waals surface area (Å²) in [4.78, 5) is 0. The fourth-order valence-electron chi connectivity index (χ4n) is 1.84. The van der Waals surface area contributed by atoms with Gasteiger partial charge in [0.1, 0.15) is 19.3 Å². The summed E-state index contributed by atoms with van der Waals surface area (Å²) in [6, 6.07) is 0. The molecule has 0 bridgehead atoms. The van der Waals surface area contributed by atoms with Gasteiger partial charge < -0.3 is 25.7 Å². The Morgan fingerprint density at radius 1 is 1.18 bits per heavy atom. The Bertz CT molecular complexity index is 349. The Labute approximate surface area is 134 Å². The lowest BCUT2D eigenvalue weighted by molar-refractivity contribution is -0.0859. The van der Waals surface area contributed by atoms with Gasteiger partial charge >= 0.3 is 0 Å². The molecule has 0 amide bonds. The van der Waals surface area contributed by atoms with Crippen molar-refractivity contribution in [3.8, 4) is 0 Å². The van der Waals surface area contributed by atoms with Crippen LogP contribution in [0.25, 0.3) is 0 Å². The molecule has 0 aromatic heterocycles. The summed E-state index contributed by atoms with van der Waals surface area (Å²) in [5.41, 5.74) is 17.6. The van der Waals surface area contributed by atoms with E-state index in [2.05, 4.69) is 13.0 Å². The molecule has 0 spiro atoms. The summed E-state index contributed by atoms with van der Waals surface area (Å²) in [6.45, 7) is 7.56. The van der Waals surface area contributed by atoms with E-state index >= 15 is 0 Å². The van der Waals surface area contributed by atoms with E-state index in [1.807, 2.05) is 20.8 Å². The Balaban J connectivity index is 3.84. The molecule has 0 radical (unpaired) electrons. The quantitative estimate of drug-likeness (QED) is 0.204. The third kappa shape index (κ3) is 10.7. The molecule has 0 saturated heterocycles. The Morgan fingerprint density at radius 3 is 2.41 bits per heavy atom. The van der Waals surface area contributed by atoms with E-state index in [-0.39, 0.29) is 12.2 Å². The molecule has 1 atom stereocenters. The maximum absolute atomic E-state index is 6.84. The topological polar surface area (TPSA) is 116 Å². The van der Waals surface area contributed by atoms with Crippen LogP contribution >= 0.6 is 0 Å². The number of hydrogen-bond acceptors (Lipinski definition) is 7. The second-order valence-electron chi connectivity index (χ2n) is 6.09. The Kier molecular flexibility index (Phi) is 10.3. The van der Waals surface area contributed by atoms with Crippen LogP contribution in [-0.4, -0.2) is 45.6 Å². The van der Waals surface area contributed by atoms with Crippen molar-refractivity contribution in [3.05, 3.63) is 11.9 Å². The highest BCUT2D eigenvalue weighted by Crippen LogP contribution is 2.17. The first kappa shape index (κ1) is 21.0. The van der Waals surface area contributed by atoms with Crippen molar-refractivity contribution in [2.24, 2.45) is 16.6 Å². The summed E-state index contributed by atoms with van der Waals surface area (Å²) in [5, 5.41) is 3.22. The predicted molar refractivity (Wildman–Crippen MR) is 89.4 cm³/mol. The van der Waals surface area contributed by atoms with Gasteiger partial charge in [-0.25, -0.2) is 5.53 Å². The molecular weight excluding hydrogens is 283 g/mol. The summed E-state index contributed by atoms with van der Waals surface area (Å²) < 4.78 is 16.8. The number of ether oxygens (including phenoxy) is 3. The van der Waals surface area contributed by atoms with Gasteiger partial charge in [0.15, 0.2) is 0 Å². The van der Waals surface area contributed by atoms with Gasteiger partial charge in [-0.05, 0) is 33.6 Å². The van der Waals surface area contributed by atoms with Crippen LogP contribution in [0, 0.1) is 5.53 Å². The second kappa shape index (κ2) is 10.7. The van der Waals surface area contributed by atoms with Gasteiger partial charge in [0.2, 0.25) is 0 Å². The van der Waals surface area contributed by atoms with Crippen molar-refractivity contribution < 1.29 is 14.2 Å². The molecule has 1 unspecified atom stereocenters. The van der Waals surface area contributed by atoms with Crippen molar-refractivity contribution >= 4 is 7.85 Å². The van der Waals surface area contributed by atoms with Gasteiger partial charge in [-0.2, -0.15) is 5.11 Å². The zero-order chi connectivity index (χ0) is 17.1. The van der Waals surface area contributed by atoms with Crippen LogP contribution < -0.4 is 11.5 Å². The molecule has 0 aliphatic heterocycles. The summed E-state index contributed by atoms with van der Waals surface area (Å²) in [7, 11) is 2.08. The largest absolute Gasteiger partial charge is 0.403 e. The first-order chi connectivity index (χ1) is 10.3. The fraction of sp³-hybridized carbons (Fsp3) is 0.857. The van der Waals surface area contributed by atoms with E-state index in [0.29, 0.717) is 25.5 Å². The highest BCUT2D eigenvalue weighted by Gasteiger charge is 2.22. The molecule has 0 heterocycles. The van der Waals surface area contributed by atoms with Crippen LogP contribution in [0.4, 0.5) is 0 Å². The fourth-order valence-corrected chi connectivity index (χ4v) is 1.84. The smallest absolute Gasteiger partial charge is 0.113 e. The monoisotopic (exact) mass is 314 g/mol. The lowest BCUT2D eigenvalue weighted by atomic mass is 9.96. The summed E-state index contributed by atoms with van der Waals surface area (Å²) in [5.74, 6) is 0. The zero-order valence-electron chi connectivity index (χ0n) is 14.4. The van der Waals surface area contributed by atoms with Gasteiger partial charge in [0.05, 0.1) is 32.0 Å². The molecule has 0 rings (SSSR count). The second-order valence-corrected chi connectivity index (χ2v) is 6.09. The van der Waals surface area contributed by atoms with Crippen LogP contribution in [0.15, 0.2) is 17.0 Å². The molecule has 5 N–H and O–H groups in total. The van der Waals surface area contributed by atoms with Gasteiger partial charge in [-0.15, -0.1) is 0 Å². The van der Waals surface area contributed by atoms with E-state index in [1.165, 1.54) is 6.20 Å². The molecule has 22 heavy (non-hydrogen) atoms. The molecule has 0 aliphatic carbocycles. The highest BCUT2D eigenvalue weighted by molar-refractivity contribution is 6.08. The van der Waals surface area contributed by atoms with E-state index < -0.39 is 5.72 Å². The van der Waals surface area contributed by atoms with E-state index in [9.17, 15) is 0 Å². The third-order valence-corrected chi connectivity index (χ3v) is 3.19. The minimum atomic E-state index is -0.571. The van der Waals surface area contributed by atoms with Crippen molar-refractivity contribution in [2.75, 3.05) is 26.4 Å². The lowest BCUT2D eigenvalue weighted by Gasteiger charge is -2.29. The van der Waals surface area contributed by atoms with E-state index in [4.69, 9.17) is 31.2 Å². The Hall–Kier alpha value is -0.955. The number of nitrogens with two attached hydrogens (primary N) is 2. The van der Waals surface area contributed by atoms with Crippen molar-refractivity contribution in [2.45, 2.75) is 51.3 Å². The van der Waals surface area contributed by atoms with Gasteiger partial charge in [-0.3, -0.25) is 0 Å². The van der Waals surface area contributed by atoms with Crippen LogP contribution in [-0.2, 0) is 14.2 Å². The predicted octanol–water partition coefficient (Wildman–Crippen LogP) is 1.15. The minimum Gasteiger partial charge on any atom is -0.403 e. The maximum atomic E-state index is 6.84. The standard InChI is InChI=1S/C14H31BN4O3/c1-13(2,5-7-22-14(3,17)4-6-15)21-9-8-20-11-12(10-16)19-18/h10,18H,4-9,11,15-17H2,1-3H3/b12-10-,19-18?. The van der Waals surface area contributed by atoms with Gasteiger partial charge in [0.25, 0.3) is 0 Å². The van der Waals surface area contributed by atoms with Crippen LogP contribution in [0.5, 0.6) is 0 Å². The molecule has 0 aromatic rings. The van der Waals surface area contributed by atoms with E-state index in [1.54, 1.807) is 0 Å². The molecular formula is C14H31BN4O3. The van der Waals surface area contributed by atoms with Gasteiger partial charge in [-0.1, -0.05) is 6.32 Å². The maximum Gasteiger partial charge on any atom is 0.113 e. The molecule has 0 saturated carbocycles. The molecule has 128 valence electrons.